The van der Waals surface area contributed by atoms with Crippen molar-refractivity contribution in [3.63, 3.8) is 0 Å². The van der Waals surface area contributed by atoms with E-state index >= 15 is 0 Å². The quantitative estimate of drug-likeness (QED) is 0.760. The molecule has 148 valence electrons. The van der Waals surface area contributed by atoms with Gasteiger partial charge in [0, 0.05) is 17.6 Å². The Hall–Kier alpha value is -2.03. The molecule has 0 unspecified atom stereocenters. The fourth-order valence-corrected chi connectivity index (χ4v) is 4.87. The van der Waals surface area contributed by atoms with Crippen LogP contribution in [0.5, 0.6) is 5.75 Å². The summed E-state index contributed by atoms with van der Waals surface area (Å²) in [4.78, 5) is 4.03. The maximum atomic E-state index is 12.7. The summed E-state index contributed by atoms with van der Waals surface area (Å²) in [5.41, 5.74) is 0.291. The summed E-state index contributed by atoms with van der Waals surface area (Å²) in [5, 5.41) is 3.56. The van der Waals surface area contributed by atoms with Gasteiger partial charge in [-0.1, -0.05) is 31.9 Å². The Balaban J connectivity index is 2.18. The summed E-state index contributed by atoms with van der Waals surface area (Å²) < 4.78 is 67.6. The van der Waals surface area contributed by atoms with Crippen molar-refractivity contribution in [2.75, 3.05) is 11.1 Å². The molecular formula is C18H21F3N2O3S. The summed E-state index contributed by atoms with van der Waals surface area (Å²) in [5.74, 6) is -0.507. The number of anilines is 1. The number of sulfone groups is 1. The van der Waals surface area contributed by atoms with Crippen LogP contribution in [0.1, 0.15) is 39.0 Å². The summed E-state index contributed by atoms with van der Waals surface area (Å²) in [7, 11) is -3.61. The number of fused-ring (bicyclic) bond motifs is 1. The number of halogens is 3. The molecule has 1 saturated carbocycles. The first kappa shape index (κ1) is 19.7. The molecule has 2 aromatic rings. The Kier molecular flexibility index (Phi) is 5.50. The standard InChI is InChI=1S/C18H21F3N2O3S/c1-2-10-27(24,25)15-11-22-16-13(17(15)23-12-6-3-4-7-12)8-5-9-14(16)26-18(19,20)21/h5,8-9,11-12H,2-4,6-7,10H2,1H3,(H,22,23). The second kappa shape index (κ2) is 7.53. The number of alkyl halides is 3. The molecule has 1 heterocycles. The van der Waals surface area contributed by atoms with Crippen LogP contribution < -0.4 is 10.1 Å². The molecule has 1 aliphatic carbocycles. The highest BCUT2D eigenvalue weighted by Crippen LogP contribution is 2.37. The molecule has 1 N–H and O–H groups in total. The van der Waals surface area contributed by atoms with Crippen LogP contribution in [0.4, 0.5) is 18.9 Å². The van der Waals surface area contributed by atoms with Gasteiger partial charge in [0.2, 0.25) is 0 Å². The topological polar surface area (TPSA) is 68.3 Å². The molecule has 0 radical (unpaired) electrons. The molecule has 1 aromatic heterocycles. The number of rotatable bonds is 6. The minimum absolute atomic E-state index is 0.0212. The number of para-hydroxylation sites is 1. The van der Waals surface area contributed by atoms with Crippen molar-refractivity contribution in [3.8, 4) is 5.75 Å². The fraction of sp³-hybridized carbons (Fsp3) is 0.500. The maximum absolute atomic E-state index is 12.7. The normalized spacial score (nSPS) is 16.0. The Morgan fingerprint density at radius 1 is 1.26 bits per heavy atom. The number of benzene rings is 1. The minimum atomic E-state index is -4.86. The van der Waals surface area contributed by atoms with Gasteiger partial charge in [-0.15, -0.1) is 13.2 Å². The van der Waals surface area contributed by atoms with Gasteiger partial charge in [-0.05, 0) is 25.3 Å². The van der Waals surface area contributed by atoms with E-state index in [1.165, 1.54) is 12.1 Å². The van der Waals surface area contributed by atoms with E-state index in [1.807, 2.05) is 0 Å². The lowest BCUT2D eigenvalue weighted by Crippen LogP contribution is -2.20. The molecule has 0 atom stereocenters. The number of nitrogens with zero attached hydrogens (tertiary/aromatic N) is 1. The van der Waals surface area contributed by atoms with Crippen LogP contribution in [0.15, 0.2) is 29.3 Å². The van der Waals surface area contributed by atoms with Crippen LogP contribution >= 0.6 is 0 Å². The van der Waals surface area contributed by atoms with Crippen molar-refractivity contribution in [1.29, 1.82) is 0 Å². The highest BCUT2D eigenvalue weighted by molar-refractivity contribution is 7.91. The smallest absolute Gasteiger partial charge is 0.403 e. The van der Waals surface area contributed by atoms with Gasteiger partial charge < -0.3 is 10.1 Å². The molecule has 1 aromatic carbocycles. The van der Waals surface area contributed by atoms with Gasteiger partial charge in [-0.3, -0.25) is 4.98 Å². The van der Waals surface area contributed by atoms with E-state index in [0.29, 0.717) is 17.5 Å². The Morgan fingerprint density at radius 2 is 1.96 bits per heavy atom. The second-order valence-electron chi connectivity index (χ2n) is 6.64. The Labute approximate surface area is 155 Å². The average Bonchev–Trinajstić information content (AvgIpc) is 3.07. The van der Waals surface area contributed by atoms with Gasteiger partial charge in [-0.25, -0.2) is 8.42 Å². The molecule has 3 rings (SSSR count). The van der Waals surface area contributed by atoms with Crippen molar-refractivity contribution in [2.24, 2.45) is 0 Å². The molecule has 1 aliphatic rings. The van der Waals surface area contributed by atoms with Gasteiger partial charge in [0.1, 0.15) is 10.4 Å². The molecule has 0 amide bonds. The van der Waals surface area contributed by atoms with Crippen molar-refractivity contribution >= 4 is 26.4 Å². The van der Waals surface area contributed by atoms with Crippen LogP contribution in [0, 0.1) is 0 Å². The van der Waals surface area contributed by atoms with E-state index in [1.54, 1.807) is 13.0 Å². The zero-order valence-corrected chi connectivity index (χ0v) is 15.7. The van der Waals surface area contributed by atoms with Crippen molar-refractivity contribution in [3.05, 3.63) is 24.4 Å². The lowest BCUT2D eigenvalue weighted by atomic mass is 10.1. The predicted octanol–water partition coefficient (Wildman–Crippen LogP) is 4.67. The molecule has 0 aliphatic heterocycles. The third-order valence-electron chi connectivity index (χ3n) is 4.56. The molecule has 0 bridgehead atoms. The summed E-state index contributed by atoms with van der Waals surface area (Å²) >= 11 is 0. The molecule has 27 heavy (non-hydrogen) atoms. The highest BCUT2D eigenvalue weighted by Gasteiger charge is 2.33. The van der Waals surface area contributed by atoms with Crippen molar-refractivity contribution < 1.29 is 26.3 Å². The van der Waals surface area contributed by atoms with Crippen LogP contribution in [-0.4, -0.2) is 31.6 Å². The van der Waals surface area contributed by atoms with Gasteiger partial charge in [0.15, 0.2) is 15.6 Å². The molecule has 1 fully saturated rings. The summed E-state index contributed by atoms with van der Waals surface area (Å²) in [6.45, 7) is 1.76. The first-order chi connectivity index (χ1) is 12.7. The first-order valence-electron chi connectivity index (χ1n) is 8.88. The van der Waals surface area contributed by atoms with Gasteiger partial charge in [0.25, 0.3) is 0 Å². The van der Waals surface area contributed by atoms with Crippen LogP contribution in [0.3, 0.4) is 0 Å². The number of hydrogen-bond donors (Lipinski definition) is 1. The fourth-order valence-electron chi connectivity index (χ4n) is 3.42. The van der Waals surface area contributed by atoms with Crippen LogP contribution in [-0.2, 0) is 9.84 Å². The third kappa shape index (κ3) is 4.45. The van der Waals surface area contributed by atoms with E-state index < -0.39 is 21.9 Å². The SMILES string of the molecule is CCCS(=O)(=O)c1cnc2c(OC(F)(F)F)cccc2c1NC1CCCC1. The third-order valence-corrected chi connectivity index (χ3v) is 6.49. The molecule has 0 spiro atoms. The Bertz CT molecular complexity index is 923. The number of nitrogens with one attached hydrogen (secondary N) is 1. The first-order valence-corrected chi connectivity index (χ1v) is 10.5. The van der Waals surface area contributed by atoms with Crippen molar-refractivity contribution in [1.82, 2.24) is 4.98 Å². The molecule has 0 saturated heterocycles. The zero-order chi connectivity index (χ0) is 19.7. The van der Waals surface area contributed by atoms with E-state index in [4.69, 9.17) is 0 Å². The molecular weight excluding hydrogens is 381 g/mol. The van der Waals surface area contributed by atoms with Gasteiger partial charge in [0.05, 0.1) is 11.4 Å². The maximum Gasteiger partial charge on any atom is 0.573 e. The number of hydrogen-bond acceptors (Lipinski definition) is 5. The van der Waals surface area contributed by atoms with E-state index in [-0.39, 0.29) is 22.2 Å². The van der Waals surface area contributed by atoms with Gasteiger partial charge >= 0.3 is 6.36 Å². The average molecular weight is 402 g/mol. The number of ether oxygens (including phenoxy) is 1. The predicted molar refractivity (Wildman–Crippen MR) is 96.6 cm³/mol. The largest absolute Gasteiger partial charge is 0.573 e. The Morgan fingerprint density at radius 3 is 2.59 bits per heavy atom. The van der Waals surface area contributed by atoms with E-state index in [9.17, 15) is 21.6 Å². The van der Waals surface area contributed by atoms with E-state index in [0.717, 1.165) is 31.9 Å². The van der Waals surface area contributed by atoms with Crippen molar-refractivity contribution in [2.45, 2.75) is 56.3 Å². The highest BCUT2D eigenvalue weighted by atomic mass is 32.2. The number of aromatic nitrogens is 1. The summed E-state index contributed by atoms with van der Waals surface area (Å²) in [6.07, 6.45) is 0.530. The van der Waals surface area contributed by atoms with Crippen LogP contribution in [0.25, 0.3) is 10.9 Å². The zero-order valence-electron chi connectivity index (χ0n) is 14.8. The number of pyridine rings is 1. The minimum Gasteiger partial charge on any atom is -0.403 e. The lowest BCUT2D eigenvalue weighted by molar-refractivity contribution is -0.274. The lowest BCUT2D eigenvalue weighted by Gasteiger charge is -2.20. The summed E-state index contributed by atoms with van der Waals surface area (Å²) in [6, 6.07) is 4.22. The molecule has 5 nitrogen and oxygen atoms in total. The second-order valence-corrected chi connectivity index (χ2v) is 8.72. The van der Waals surface area contributed by atoms with Gasteiger partial charge in [-0.2, -0.15) is 0 Å². The monoisotopic (exact) mass is 402 g/mol. The van der Waals surface area contributed by atoms with Crippen LogP contribution in [0.2, 0.25) is 0 Å². The van der Waals surface area contributed by atoms with E-state index in [2.05, 4.69) is 15.0 Å². The molecule has 9 heteroatoms.